The van der Waals surface area contributed by atoms with Crippen molar-refractivity contribution in [2.24, 2.45) is 0 Å². The smallest absolute Gasteiger partial charge is 0.270 e. The van der Waals surface area contributed by atoms with Crippen molar-refractivity contribution in [2.45, 2.75) is 13.0 Å². The van der Waals surface area contributed by atoms with Crippen molar-refractivity contribution in [3.05, 3.63) is 76.6 Å². The van der Waals surface area contributed by atoms with Crippen LogP contribution in [0.1, 0.15) is 17.3 Å². The second-order valence-electron chi connectivity index (χ2n) is 7.60. The zero-order valence-electron chi connectivity index (χ0n) is 18.2. The Balaban J connectivity index is 1.44. The van der Waals surface area contributed by atoms with Crippen LogP contribution in [0.5, 0.6) is 17.4 Å². The van der Waals surface area contributed by atoms with Crippen molar-refractivity contribution in [1.29, 1.82) is 0 Å². The number of non-ortho nitro benzene ring substituents is 1. The lowest BCUT2D eigenvalue weighted by atomic mass is 10.1. The van der Waals surface area contributed by atoms with Crippen LogP contribution in [0.3, 0.4) is 0 Å². The molecule has 1 atom stereocenters. The third-order valence-corrected chi connectivity index (χ3v) is 5.41. The molecule has 2 heterocycles. The molecule has 10 heteroatoms. The van der Waals surface area contributed by atoms with E-state index in [1.165, 1.54) is 24.5 Å². The lowest BCUT2D eigenvalue weighted by molar-refractivity contribution is -0.384. The van der Waals surface area contributed by atoms with Gasteiger partial charge in [0.2, 0.25) is 5.88 Å². The topological polar surface area (TPSA) is 111 Å². The lowest BCUT2D eigenvalue weighted by Crippen LogP contribution is -2.54. The van der Waals surface area contributed by atoms with Gasteiger partial charge in [0.1, 0.15) is 23.6 Å². The molecule has 1 aliphatic rings. The van der Waals surface area contributed by atoms with Crippen LogP contribution in [0.15, 0.2) is 60.9 Å². The Morgan fingerprint density at radius 3 is 2.64 bits per heavy atom. The van der Waals surface area contributed by atoms with E-state index in [9.17, 15) is 14.9 Å². The first-order chi connectivity index (χ1) is 15.9. The zero-order chi connectivity index (χ0) is 23.4. The number of methoxy groups -OCH3 is 1. The van der Waals surface area contributed by atoms with E-state index in [2.05, 4.69) is 14.9 Å². The molecule has 33 heavy (non-hydrogen) atoms. The summed E-state index contributed by atoms with van der Waals surface area (Å²) in [5.74, 6) is 2.14. The fourth-order valence-electron chi connectivity index (χ4n) is 3.73. The highest BCUT2D eigenvalue weighted by Crippen LogP contribution is 2.27. The normalized spacial score (nSPS) is 15.8. The summed E-state index contributed by atoms with van der Waals surface area (Å²) in [4.78, 5) is 35.8. The quantitative estimate of drug-likeness (QED) is 0.415. The highest BCUT2D eigenvalue weighted by Gasteiger charge is 2.29. The van der Waals surface area contributed by atoms with Gasteiger partial charge in [-0.1, -0.05) is 12.1 Å². The van der Waals surface area contributed by atoms with Crippen molar-refractivity contribution in [3.8, 4) is 17.4 Å². The lowest BCUT2D eigenvalue weighted by Gasteiger charge is -2.40. The molecule has 1 aromatic heterocycles. The molecule has 1 amide bonds. The van der Waals surface area contributed by atoms with Gasteiger partial charge >= 0.3 is 0 Å². The van der Waals surface area contributed by atoms with Crippen LogP contribution in [0.2, 0.25) is 0 Å². The van der Waals surface area contributed by atoms with Crippen LogP contribution in [-0.2, 0) is 0 Å². The molecule has 170 valence electrons. The van der Waals surface area contributed by atoms with Gasteiger partial charge in [-0.3, -0.25) is 14.9 Å². The van der Waals surface area contributed by atoms with Gasteiger partial charge in [-0.2, -0.15) is 0 Å². The monoisotopic (exact) mass is 449 g/mol. The number of nitro groups is 1. The number of hydrogen-bond donors (Lipinski definition) is 0. The molecule has 3 aromatic rings. The van der Waals surface area contributed by atoms with Gasteiger partial charge < -0.3 is 19.3 Å². The fraction of sp³-hybridized carbons (Fsp3) is 0.261. The summed E-state index contributed by atoms with van der Waals surface area (Å²) in [5, 5.41) is 11.0. The number of ether oxygens (including phenoxy) is 2. The van der Waals surface area contributed by atoms with Crippen LogP contribution < -0.4 is 14.4 Å². The Labute approximate surface area is 190 Å². The van der Waals surface area contributed by atoms with Gasteiger partial charge in [0.25, 0.3) is 11.6 Å². The van der Waals surface area contributed by atoms with E-state index >= 15 is 0 Å². The molecule has 1 unspecified atom stereocenters. The number of rotatable bonds is 6. The van der Waals surface area contributed by atoms with Crippen molar-refractivity contribution in [3.63, 3.8) is 0 Å². The number of anilines is 1. The highest BCUT2D eigenvalue weighted by atomic mass is 16.6. The Bertz CT molecular complexity index is 1170. The van der Waals surface area contributed by atoms with E-state index in [1.807, 2.05) is 25.1 Å². The number of nitro benzene ring substituents is 1. The summed E-state index contributed by atoms with van der Waals surface area (Å²) >= 11 is 0. The van der Waals surface area contributed by atoms with E-state index in [4.69, 9.17) is 9.47 Å². The minimum atomic E-state index is -0.502. The minimum Gasteiger partial charge on any atom is -0.497 e. The number of benzene rings is 2. The minimum absolute atomic E-state index is 0.100. The largest absolute Gasteiger partial charge is 0.497 e. The molecule has 0 N–H and O–H groups in total. The maximum absolute atomic E-state index is 13.0. The first-order valence-corrected chi connectivity index (χ1v) is 10.4. The van der Waals surface area contributed by atoms with Gasteiger partial charge in [0.05, 0.1) is 12.0 Å². The van der Waals surface area contributed by atoms with Gasteiger partial charge in [0.15, 0.2) is 0 Å². The second kappa shape index (κ2) is 9.51. The summed E-state index contributed by atoms with van der Waals surface area (Å²) in [7, 11) is 1.59. The van der Waals surface area contributed by atoms with Crippen LogP contribution in [0.4, 0.5) is 11.5 Å². The average molecular weight is 449 g/mol. The van der Waals surface area contributed by atoms with Crippen LogP contribution >= 0.6 is 0 Å². The van der Waals surface area contributed by atoms with Crippen molar-refractivity contribution < 1.29 is 19.2 Å². The fourth-order valence-corrected chi connectivity index (χ4v) is 3.73. The number of aromatic nitrogens is 2. The molecule has 1 fully saturated rings. The van der Waals surface area contributed by atoms with Gasteiger partial charge in [-0.25, -0.2) is 9.97 Å². The van der Waals surface area contributed by atoms with E-state index in [0.717, 1.165) is 0 Å². The third-order valence-electron chi connectivity index (χ3n) is 5.41. The molecule has 0 radical (unpaired) electrons. The SMILES string of the molecule is COc1cccc(Oc2cc(N3CCN(C(=O)c4cccc([N+](=O)[O-])c4)C(C)C3)ncn2)c1. The molecular formula is C23H23N5O5. The summed E-state index contributed by atoms with van der Waals surface area (Å²) < 4.78 is 11.1. The number of carbonyl (C=O) groups excluding carboxylic acids is 1. The van der Waals surface area contributed by atoms with E-state index in [1.54, 1.807) is 30.2 Å². The summed E-state index contributed by atoms with van der Waals surface area (Å²) in [6.45, 7) is 3.51. The molecular weight excluding hydrogens is 426 g/mol. The summed E-state index contributed by atoms with van der Waals surface area (Å²) in [6.07, 6.45) is 1.44. The Morgan fingerprint density at radius 2 is 1.88 bits per heavy atom. The number of amides is 1. The number of hydrogen-bond acceptors (Lipinski definition) is 8. The predicted molar refractivity (Wildman–Crippen MR) is 121 cm³/mol. The standard InChI is InChI=1S/C23H23N5O5/c1-16-14-26(9-10-27(16)23(29)17-5-3-6-18(11-17)28(30)31)21-13-22(25-15-24-21)33-20-8-4-7-19(12-20)32-2/h3-8,11-13,15-16H,9-10,14H2,1-2H3. The molecule has 1 aliphatic heterocycles. The molecule has 0 aliphatic carbocycles. The molecule has 2 aromatic carbocycles. The first kappa shape index (κ1) is 22.0. The van der Waals surface area contributed by atoms with E-state index < -0.39 is 4.92 Å². The summed E-state index contributed by atoms with van der Waals surface area (Å²) in [6, 6.07) is 14.7. The molecule has 1 saturated heterocycles. The summed E-state index contributed by atoms with van der Waals surface area (Å²) in [5.41, 5.74) is 0.206. The van der Waals surface area contributed by atoms with E-state index in [-0.39, 0.29) is 17.6 Å². The number of carbonyl (C=O) groups is 1. The van der Waals surface area contributed by atoms with Crippen LogP contribution in [0, 0.1) is 10.1 Å². The Kier molecular flexibility index (Phi) is 6.34. The van der Waals surface area contributed by atoms with Gasteiger partial charge in [0, 0.05) is 55.5 Å². The number of piperazine rings is 1. The van der Waals surface area contributed by atoms with Crippen molar-refractivity contribution >= 4 is 17.4 Å². The third kappa shape index (κ3) is 5.00. The van der Waals surface area contributed by atoms with Gasteiger partial charge in [-0.15, -0.1) is 0 Å². The van der Waals surface area contributed by atoms with Crippen molar-refractivity contribution in [1.82, 2.24) is 14.9 Å². The van der Waals surface area contributed by atoms with Crippen LogP contribution in [0.25, 0.3) is 0 Å². The molecule has 0 bridgehead atoms. The second-order valence-corrected chi connectivity index (χ2v) is 7.60. The zero-order valence-corrected chi connectivity index (χ0v) is 18.2. The van der Waals surface area contributed by atoms with Crippen LogP contribution in [-0.4, -0.2) is 58.5 Å². The maximum Gasteiger partial charge on any atom is 0.270 e. The molecule has 0 spiro atoms. The number of nitrogens with zero attached hydrogens (tertiary/aromatic N) is 5. The average Bonchev–Trinajstić information content (AvgIpc) is 2.84. The Morgan fingerprint density at radius 1 is 1.09 bits per heavy atom. The Hall–Kier alpha value is -4.21. The van der Waals surface area contributed by atoms with Crippen molar-refractivity contribution in [2.75, 3.05) is 31.6 Å². The molecule has 4 rings (SSSR count). The van der Waals surface area contributed by atoms with E-state index in [0.29, 0.717) is 48.4 Å². The molecule has 10 nitrogen and oxygen atoms in total. The maximum atomic E-state index is 13.0. The predicted octanol–water partition coefficient (Wildman–Crippen LogP) is 3.54. The highest BCUT2D eigenvalue weighted by molar-refractivity contribution is 5.95. The van der Waals surface area contributed by atoms with Gasteiger partial charge in [-0.05, 0) is 25.1 Å². The first-order valence-electron chi connectivity index (χ1n) is 10.4. The molecule has 0 saturated carbocycles.